The third-order valence-corrected chi connectivity index (χ3v) is 10.8. The van der Waals surface area contributed by atoms with Crippen molar-refractivity contribution >= 4 is 44.0 Å². The quantitative estimate of drug-likeness (QED) is 0.429. The molecule has 1 saturated heterocycles. The van der Waals surface area contributed by atoms with Crippen LogP contribution < -0.4 is 10.8 Å². The molecular formula is C23H36N6O5S3. The molecular weight excluding hydrogens is 536 g/mol. The number of ether oxygens (including phenoxy) is 1. The summed E-state index contributed by atoms with van der Waals surface area (Å²) in [6, 6.07) is -0.245. The van der Waals surface area contributed by atoms with Crippen LogP contribution in [0.25, 0.3) is 0 Å². The lowest BCUT2D eigenvalue weighted by molar-refractivity contribution is 0.122. The fraction of sp³-hybridized carbons (Fsp3) is 0.652. The van der Waals surface area contributed by atoms with Crippen molar-refractivity contribution in [3.8, 4) is 5.75 Å². The number of sulfonamides is 1. The van der Waals surface area contributed by atoms with Crippen molar-refractivity contribution in [2.75, 3.05) is 38.5 Å². The number of nitrogens with zero attached hydrogens (tertiary/aromatic N) is 4. The van der Waals surface area contributed by atoms with E-state index in [9.17, 15) is 18.1 Å². The highest BCUT2D eigenvalue weighted by molar-refractivity contribution is 7.91. The minimum atomic E-state index is -3.84. The maximum Gasteiger partial charge on any atom is 0.256 e. The molecule has 2 unspecified atom stereocenters. The molecule has 11 nitrogen and oxygen atoms in total. The van der Waals surface area contributed by atoms with Crippen LogP contribution in [0.3, 0.4) is 0 Å². The minimum Gasteiger partial charge on any atom is -0.548 e. The van der Waals surface area contributed by atoms with Crippen LogP contribution in [0.2, 0.25) is 0 Å². The fourth-order valence-electron chi connectivity index (χ4n) is 4.31. The molecule has 0 aromatic carbocycles. The molecule has 1 fully saturated rings. The second-order valence-corrected chi connectivity index (χ2v) is 14.8. The topological polar surface area (TPSA) is 146 Å². The van der Waals surface area contributed by atoms with E-state index in [1.165, 1.54) is 15.3 Å². The van der Waals surface area contributed by atoms with E-state index in [1.807, 2.05) is 27.2 Å². The molecule has 3 atom stereocenters. The van der Waals surface area contributed by atoms with Crippen LogP contribution in [0, 0.1) is 11.3 Å². The van der Waals surface area contributed by atoms with E-state index in [2.05, 4.69) is 39.7 Å². The maximum absolute atomic E-state index is 13.1. The van der Waals surface area contributed by atoms with Crippen LogP contribution >= 0.6 is 22.5 Å². The Morgan fingerprint density at radius 3 is 2.59 bits per heavy atom. The molecule has 0 saturated carbocycles. The molecule has 0 amide bonds. The Bertz CT molecular complexity index is 1310. The number of anilines is 2. The molecule has 4 heterocycles. The summed E-state index contributed by atoms with van der Waals surface area (Å²) in [4.78, 5) is 6.87. The molecule has 206 valence electrons. The average molecular weight is 573 g/mol. The first-order chi connectivity index (χ1) is 17.3. The highest BCUT2D eigenvalue weighted by atomic mass is 32.2. The third-order valence-electron chi connectivity index (χ3n) is 6.72. The van der Waals surface area contributed by atoms with Gasteiger partial charge < -0.3 is 24.6 Å². The third kappa shape index (κ3) is 6.04. The van der Waals surface area contributed by atoms with Gasteiger partial charge in [-0.2, -0.15) is 4.31 Å². The van der Waals surface area contributed by atoms with Gasteiger partial charge in [0.05, 0.1) is 18.0 Å². The van der Waals surface area contributed by atoms with Gasteiger partial charge in [0.25, 0.3) is 10.0 Å². The molecule has 2 aliphatic rings. The van der Waals surface area contributed by atoms with Gasteiger partial charge in [-0.05, 0) is 24.0 Å². The van der Waals surface area contributed by atoms with Crippen molar-refractivity contribution in [1.29, 1.82) is 0 Å². The Kier molecular flexibility index (Phi) is 8.08. The van der Waals surface area contributed by atoms with Crippen LogP contribution in [0.15, 0.2) is 26.4 Å². The van der Waals surface area contributed by atoms with E-state index in [1.54, 1.807) is 0 Å². The average Bonchev–Trinajstić information content (AvgIpc) is 3.52. The smallest absolute Gasteiger partial charge is 0.256 e. The lowest BCUT2D eigenvalue weighted by Crippen LogP contribution is -2.46. The SMILES string of the molecule is CC(C)[C@@H](N=c1[nH][s+]([O-])nc1Nc1csc(S(=O)(=O)N2CCN(C)CC2)c1O)C1CC(C(C)(C)C)=CO1. The summed E-state index contributed by atoms with van der Waals surface area (Å²) < 4.78 is 52.6. The van der Waals surface area contributed by atoms with Crippen LogP contribution in [0.5, 0.6) is 5.75 Å². The van der Waals surface area contributed by atoms with Gasteiger partial charge in [-0.15, -0.1) is 15.7 Å². The summed E-state index contributed by atoms with van der Waals surface area (Å²) in [6.07, 6.45) is 2.39. The van der Waals surface area contributed by atoms with Gasteiger partial charge in [-0.1, -0.05) is 34.6 Å². The summed E-state index contributed by atoms with van der Waals surface area (Å²) in [5, 5.41) is 15.3. The van der Waals surface area contributed by atoms with Gasteiger partial charge in [0.2, 0.25) is 11.3 Å². The van der Waals surface area contributed by atoms with Gasteiger partial charge in [0.15, 0.2) is 21.1 Å². The lowest BCUT2D eigenvalue weighted by atomic mass is 9.83. The molecule has 0 bridgehead atoms. The van der Waals surface area contributed by atoms with Crippen LogP contribution in [-0.2, 0) is 14.8 Å². The first kappa shape index (κ1) is 28.0. The van der Waals surface area contributed by atoms with Crippen molar-refractivity contribution in [1.82, 2.24) is 18.0 Å². The zero-order chi connectivity index (χ0) is 27.1. The molecule has 0 spiro atoms. The number of aromatic hydroxyl groups is 1. The van der Waals surface area contributed by atoms with Gasteiger partial charge in [0, 0.05) is 42.4 Å². The largest absolute Gasteiger partial charge is 0.548 e. The maximum atomic E-state index is 13.1. The number of H-pyrrole nitrogens is 1. The number of aromatic nitrogens is 2. The molecule has 4 rings (SSSR count). The predicted octanol–water partition coefficient (Wildman–Crippen LogP) is 3.23. The number of piperazine rings is 1. The van der Waals surface area contributed by atoms with E-state index < -0.39 is 21.2 Å². The number of rotatable bonds is 7. The van der Waals surface area contributed by atoms with E-state index in [0.29, 0.717) is 26.2 Å². The number of thiophene rings is 1. The van der Waals surface area contributed by atoms with Crippen molar-refractivity contribution in [2.45, 2.75) is 57.4 Å². The monoisotopic (exact) mass is 572 g/mol. The first-order valence-corrected chi connectivity index (χ1v) is 15.7. The summed E-state index contributed by atoms with van der Waals surface area (Å²) in [5.74, 6) is -0.0953. The zero-order valence-electron chi connectivity index (χ0n) is 22.0. The summed E-state index contributed by atoms with van der Waals surface area (Å²) >= 11 is -0.821. The number of likely N-dealkylation sites (N-methyl/N-ethyl adjacent to an activating group) is 1. The minimum absolute atomic E-state index is 0.0106. The molecule has 2 aromatic heterocycles. The Morgan fingerprint density at radius 2 is 2.00 bits per heavy atom. The lowest BCUT2D eigenvalue weighted by Gasteiger charge is -2.31. The Morgan fingerprint density at radius 1 is 1.32 bits per heavy atom. The van der Waals surface area contributed by atoms with Crippen LogP contribution in [-0.4, -0.2) is 81.4 Å². The van der Waals surface area contributed by atoms with Crippen molar-refractivity contribution < 1.29 is 22.8 Å². The van der Waals surface area contributed by atoms with Gasteiger partial charge in [0.1, 0.15) is 6.10 Å². The fourth-order valence-corrected chi connectivity index (χ4v) is 7.76. The first-order valence-electron chi connectivity index (χ1n) is 12.2. The number of hydrogen-bond acceptors (Lipinski definition) is 10. The van der Waals surface area contributed by atoms with Crippen LogP contribution in [0.4, 0.5) is 11.5 Å². The van der Waals surface area contributed by atoms with Gasteiger partial charge >= 0.3 is 0 Å². The molecule has 2 aromatic rings. The molecule has 14 heteroatoms. The van der Waals surface area contributed by atoms with Gasteiger partial charge in [-0.25, -0.2) is 8.42 Å². The number of hydrogen-bond donors (Lipinski definition) is 3. The standard InChI is InChI=1S/C23H36N6O5S3/c1-14(2)18(17-11-15(12-34-17)23(3,4)5)25-21-20(26-36(31)27-21)24-16-13-35-22(19(16)30)37(32,33)29-9-7-28(6)8-10-29/h12-14,17-18,30H,7-11H2,1-6H3,(H,24,26)(H,25,27)/t17?,18-,36?/m1/s1. The summed E-state index contributed by atoms with van der Waals surface area (Å²) in [6.45, 7) is 12.5. The van der Waals surface area contributed by atoms with Gasteiger partial charge in [-0.3, -0.25) is 4.99 Å². The van der Waals surface area contributed by atoms with Crippen molar-refractivity contribution in [3.63, 3.8) is 0 Å². The molecule has 2 aliphatic heterocycles. The van der Waals surface area contributed by atoms with Crippen molar-refractivity contribution in [3.05, 3.63) is 22.7 Å². The van der Waals surface area contributed by atoms with E-state index in [4.69, 9.17) is 9.73 Å². The van der Waals surface area contributed by atoms with E-state index in [0.717, 1.165) is 17.8 Å². The highest BCUT2D eigenvalue weighted by Gasteiger charge is 2.35. The normalized spacial score (nSPS) is 21.8. The van der Waals surface area contributed by atoms with E-state index in [-0.39, 0.29) is 50.4 Å². The molecule has 0 aliphatic carbocycles. The summed E-state index contributed by atoms with van der Waals surface area (Å²) in [5.41, 5.74) is 1.64. The predicted molar refractivity (Wildman–Crippen MR) is 144 cm³/mol. The Balaban J connectivity index is 1.59. The van der Waals surface area contributed by atoms with Crippen molar-refractivity contribution in [2.24, 2.45) is 16.3 Å². The Labute approximate surface area is 225 Å². The zero-order valence-corrected chi connectivity index (χ0v) is 24.5. The molecule has 0 radical (unpaired) electrons. The number of nitrogens with one attached hydrogen (secondary N) is 2. The molecule has 3 N–H and O–H groups in total. The van der Waals surface area contributed by atoms with Crippen LogP contribution in [0.1, 0.15) is 41.0 Å². The summed E-state index contributed by atoms with van der Waals surface area (Å²) in [7, 11) is -1.90. The Hall–Kier alpha value is -1.97. The second kappa shape index (κ2) is 10.7. The highest BCUT2D eigenvalue weighted by Crippen LogP contribution is 2.40. The molecule has 37 heavy (non-hydrogen) atoms. The van der Waals surface area contributed by atoms with E-state index >= 15 is 0 Å². The second-order valence-electron chi connectivity index (χ2n) is 10.9. The number of aromatic amines is 1.